The van der Waals surface area contributed by atoms with Crippen LogP contribution in [0.3, 0.4) is 0 Å². The summed E-state index contributed by atoms with van der Waals surface area (Å²) >= 11 is 0. The molecule has 1 heterocycles. The van der Waals surface area contributed by atoms with Crippen LogP contribution in [-0.4, -0.2) is 49.0 Å². The molecule has 1 aromatic carbocycles. The smallest absolute Gasteiger partial charge is 0.231 e. The van der Waals surface area contributed by atoms with Crippen LogP contribution >= 0.6 is 0 Å². The van der Waals surface area contributed by atoms with E-state index in [-0.39, 0.29) is 6.79 Å². The second-order valence-corrected chi connectivity index (χ2v) is 5.69. The number of nitrogens with one attached hydrogen (secondary N) is 1. The third kappa shape index (κ3) is 3.67. The third-order valence-electron chi connectivity index (χ3n) is 4.16. The molecule has 2 aliphatic rings. The molecule has 116 valence electrons. The minimum atomic E-state index is -0.518. The molecule has 1 aromatic rings. The van der Waals surface area contributed by atoms with E-state index in [4.69, 9.17) is 9.47 Å². The second kappa shape index (κ2) is 6.64. The molecule has 0 bridgehead atoms. The van der Waals surface area contributed by atoms with E-state index in [1.54, 1.807) is 0 Å². The van der Waals surface area contributed by atoms with Gasteiger partial charge < -0.3 is 19.9 Å². The number of aliphatic hydroxyl groups is 1. The molecule has 1 saturated carbocycles. The van der Waals surface area contributed by atoms with Gasteiger partial charge in [-0.1, -0.05) is 13.0 Å². The van der Waals surface area contributed by atoms with Gasteiger partial charge in [-0.05, 0) is 37.1 Å². The van der Waals surface area contributed by atoms with Crippen LogP contribution < -0.4 is 14.8 Å². The Hall–Kier alpha value is -1.30. The Bertz CT molecular complexity index is 477. The number of ether oxygens (including phenoxy) is 2. The lowest BCUT2D eigenvalue weighted by molar-refractivity contribution is 0.168. The van der Waals surface area contributed by atoms with E-state index in [9.17, 15) is 5.11 Å². The van der Waals surface area contributed by atoms with Crippen LogP contribution in [0, 0.1) is 0 Å². The van der Waals surface area contributed by atoms with E-state index in [1.807, 2.05) is 18.2 Å². The Morgan fingerprint density at radius 2 is 2.14 bits per heavy atom. The normalized spacial score (nSPS) is 18.2. The summed E-state index contributed by atoms with van der Waals surface area (Å²) in [6.07, 6.45) is 2.16. The first kappa shape index (κ1) is 14.6. The zero-order valence-corrected chi connectivity index (χ0v) is 12.5. The van der Waals surface area contributed by atoms with Crippen molar-refractivity contribution in [3.8, 4) is 11.5 Å². The van der Waals surface area contributed by atoms with E-state index in [1.165, 1.54) is 12.8 Å². The van der Waals surface area contributed by atoms with Crippen molar-refractivity contribution < 1.29 is 14.6 Å². The molecular formula is C16H24N2O3. The monoisotopic (exact) mass is 292 g/mol. The molecular weight excluding hydrogens is 268 g/mol. The minimum Gasteiger partial charge on any atom is -0.454 e. The lowest BCUT2D eigenvalue weighted by atomic mass is 10.1. The summed E-state index contributed by atoms with van der Waals surface area (Å²) in [5, 5.41) is 13.6. The van der Waals surface area contributed by atoms with Crippen molar-refractivity contribution in [1.29, 1.82) is 0 Å². The van der Waals surface area contributed by atoms with Crippen LogP contribution in [-0.2, 0) is 0 Å². The summed E-state index contributed by atoms with van der Waals surface area (Å²) in [4.78, 5) is 2.50. The molecule has 2 N–H and O–H groups in total. The van der Waals surface area contributed by atoms with Gasteiger partial charge in [0.1, 0.15) is 0 Å². The first-order chi connectivity index (χ1) is 10.3. The zero-order valence-electron chi connectivity index (χ0n) is 12.5. The van der Waals surface area contributed by atoms with Gasteiger partial charge in [-0.25, -0.2) is 0 Å². The van der Waals surface area contributed by atoms with Crippen LogP contribution in [0.1, 0.15) is 31.4 Å². The molecule has 3 rings (SSSR count). The molecule has 21 heavy (non-hydrogen) atoms. The predicted octanol–water partition coefficient (Wildman–Crippen LogP) is 1.52. The average Bonchev–Trinajstić information content (AvgIpc) is 3.23. The summed E-state index contributed by atoms with van der Waals surface area (Å²) in [6.45, 7) is 6.10. The molecule has 1 aliphatic heterocycles. The molecule has 1 aliphatic carbocycles. The van der Waals surface area contributed by atoms with Crippen molar-refractivity contribution in [3.63, 3.8) is 0 Å². The summed E-state index contributed by atoms with van der Waals surface area (Å²) in [7, 11) is 0. The highest BCUT2D eigenvalue weighted by Crippen LogP contribution is 2.34. The van der Waals surface area contributed by atoms with Crippen molar-refractivity contribution in [3.05, 3.63) is 23.8 Å². The van der Waals surface area contributed by atoms with E-state index in [2.05, 4.69) is 17.1 Å². The fraction of sp³-hybridized carbons (Fsp3) is 0.625. The van der Waals surface area contributed by atoms with Crippen LogP contribution in [0.25, 0.3) is 0 Å². The molecule has 1 fully saturated rings. The van der Waals surface area contributed by atoms with Gasteiger partial charge in [0.25, 0.3) is 0 Å². The molecule has 1 atom stereocenters. The topological polar surface area (TPSA) is 54.0 Å². The Morgan fingerprint density at radius 1 is 1.33 bits per heavy atom. The first-order valence-electron chi connectivity index (χ1n) is 7.80. The van der Waals surface area contributed by atoms with E-state index in [0.29, 0.717) is 6.54 Å². The standard InChI is InChI=1S/C16H24N2O3/c1-2-18(13-4-5-13)8-7-17-10-14(19)12-3-6-15-16(9-12)21-11-20-15/h3,6,9,13-14,17,19H,2,4-5,7-8,10-11H2,1H3. The quantitative estimate of drug-likeness (QED) is 0.712. The van der Waals surface area contributed by atoms with Crippen molar-refractivity contribution in [2.45, 2.75) is 31.9 Å². The van der Waals surface area contributed by atoms with E-state index in [0.717, 1.165) is 42.7 Å². The van der Waals surface area contributed by atoms with E-state index >= 15 is 0 Å². The van der Waals surface area contributed by atoms with Crippen molar-refractivity contribution in [1.82, 2.24) is 10.2 Å². The van der Waals surface area contributed by atoms with Crippen molar-refractivity contribution >= 4 is 0 Å². The SMILES string of the molecule is CCN(CCNCC(O)c1ccc2c(c1)OCO2)C1CC1. The maximum Gasteiger partial charge on any atom is 0.231 e. The van der Waals surface area contributed by atoms with Gasteiger partial charge in [-0.2, -0.15) is 0 Å². The number of hydrogen-bond acceptors (Lipinski definition) is 5. The highest BCUT2D eigenvalue weighted by atomic mass is 16.7. The summed E-state index contributed by atoms with van der Waals surface area (Å²) in [5.74, 6) is 1.47. The summed E-state index contributed by atoms with van der Waals surface area (Å²) in [5.41, 5.74) is 0.862. The molecule has 5 nitrogen and oxygen atoms in total. The number of hydrogen-bond donors (Lipinski definition) is 2. The maximum atomic E-state index is 10.2. The summed E-state index contributed by atoms with van der Waals surface area (Å²) < 4.78 is 10.6. The molecule has 0 amide bonds. The Morgan fingerprint density at radius 3 is 2.90 bits per heavy atom. The average molecular weight is 292 g/mol. The molecule has 0 saturated heterocycles. The predicted molar refractivity (Wildman–Crippen MR) is 80.7 cm³/mol. The number of fused-ring (bicyclic) bond motifs is 1. The minimum absolute atomic E-state index is 0.265. The Labute approximate surface area is 125 Å². The lowest BCUT2D eigenvalue weighted by Crippen LogP contribution is -2.35. The van der Waals surface area contributed by atoms with Gasteiger partial charge in [-0.15, -0.1) is 0 Å². The largest absolute Gasteiger partial charge is 0.454 e. The van der Waals surface area contributed by atoms with Crippen molar-refractivity contribution in [2.24, 2.45) is 0 Å². The highest BCUT2D eigenvalue weighted by molar-refractivity contribution is 5.45. The van der Waals surface area contributed by atoms with Gasteiger partial charge in [0.05, 0.1) is 6.10 Å². The number of aliphatic hydroxyl groups excluding tert-OH is 1. The Kier molecular flexibility index (Phi) is 4.63. The van der Waals surface area contributed by atoms with Gasteiger partial charge in [-0.3, -0.25) is 4.90 Å². The molecule has 1 unspecified atom stereocenters. The first-order valence-corrected chi connectivity index (χ1v) is 7.80. The number of likely N-dealkylation sites (N-methyl/N-ethyl adjacent to an activating group) is 1. The fourth-order valence-electron chi connectivity index (χ4n) is 2.74. The molecule has 0 spiro atoms. The number of nitrogens with zero attached hydrogens (tertiary/aromatic N) is 1. The van der Waals surface area contributed by atoms with Crippen LogP contribution in [0.5, 0.6) is 11.5 Å². The molecule has 0 aromatic heterocycles. The van der Waals surface area contributed by atoms with Gasteiger partial charge in [0.15, 0.2) is 11.5 Å². The van der Waals surface area contributed by atoms with Gasteiger partial charge in [0, 0.05) is 25.7 Å². The zero-order chi connectivity index (χ0) is 14.7. The van der Waals surface area contributed by atoms with Crippen LogP contribution in [0.15, 0.2) is 18.2 Å². The van der Waals surface area contributed by atoms with Crippen LogP contribution in [0.2, 0.25) is 0 Å². The van der Waals surface area contributed by atoms with E-state index < -0.39 is 6.10 Å². The van der Waals surface area contributed by atoms with Gasteiger partial charge in [0.2, 0.25) is 6.79 Å². The number of benzene rings is 1. The maximum absolute atomic E-state index is 10.2. The molecule has 0 radical (unpaired) electrons. The highest BCUT2D eigenvalue weighted by Gasteiger charge is 2.27. The van der Waals surface area contributed by atoms with Crippen LogP contribution in [0.4, 0.5) is 0 Å². The lowest BCUT2D eigenvalue weighted by Gasteiger charge is -2.20. The number of rotatable bonds is 8. The Balaban J connectivity index is 1.42. The van der Waals surface area contributed by atoms with Crippen molar-refractivity contribution in [2.75, 3.05) is 33.0 Å². The molecule has 5 heteroatoms. The summed E-state index contributed by atoms with van der Waals surface area (Å²) in [6, 6.07) is 6.41. The van der Waals surface area contributed by atoms with Gasteiger partial charge >= 0.3 is 0 Å². The third-order valence-corrected chi connectivity index (χ3v) is 4.16. The fourth-order valence-corrected chi connectivity index (χ4v) is 2.74. The second-order valence-electron chi connectivity index (χ2n) is 5.69.